The highest BCUT2D eigenvalue weighted by Crippen LogP contribution is 2.07. The summed E-state index contributed by atoms with van der Waals surface area (Å²) >= 11 is 0. The van der Waals surface area contributed by atoms with E-state index >= 15 is 0 Å². The quantitative estimate of drug-likeness (QED) is 0.607. The minimum Gasteiger partial charge on any atom is -0.290 e. The number of hydrogen-bond acceptors (Lipinski definition) is 6. The summed E-state index contributed by atoms with van der Waals surface area (Å²) in [5.41, 5.74) is 2.14. The van der Waals surface area contributed by atoms with E-state index in [0.29, 0.717) is 0 Å². The number of nitrogens with zero attached hydrogens (tertiary/aromatic N) is 4. The Balaban J connectivity index is 2.12. The maximum absolute atomic E-state index is 12.1. The van der Waals surface area contributed by atoms with E-state index < -0.39 is 11.5 Å². The highest BCUT2D eigenvalue weighted by atomic mass is 16.2. The predicted octanol–water partition coefficient (Wildman–Crippen LogP) is 0.466. The summed E-state index contributed by atoms with van der Waals surface area (Å²) < 4.78 is 0. The van der Waals surface area contributed by atoms with E-state index in [9.17, 15) is 9.59 Å². The van der Waals surface area contributed by atoms with Gasteiger partial charge in [0.15, 0.2) is 0 Å². The van der Waals surface area contributed by atoms with Crippen LogP contribution < -0.4 is 16.0 Å². The molecule has 1 fully saturated rings. The van der Waals surface area contributed by atoms with Crippen molar-refractivity contribution in [3.63, 3.8) is 0 Å². The van der Waals surface area contributed by atoms with Crippen LogP contribution in [0.25, 0.3) is 0 Å². The largest absolute Gasteiger partial charge is 0.290 e. The molecular weight excluding hydrogens is 272 g/mol. The van der Waals surface area contributed by atoms with Crippen molar-refractivity contribution >= 4 is 18.6 Å². The molecule has 0 unspecified atom stereocenters. The number of hydrazine groups is 1. The molecule has 2 heterocycles. The molecule has 1 saturated heterocycles. The molecular formula is C13H18N6O2. The summed E-state index contributed by atoms with van der Waals surface area (Å²) in [6.45, 7) is 8.43. The summed E-state index contributed by atoms with van der Waals surface area (Å²) in [4.78, 5) is 30.5. The van der Waals surface area contributed by atoms with Crippen LogP contribution in [0.4, 0.5) is 5.95 Å². The number of carbonyl (C=O) groups is 1. The van der Waals surface area contributed by atoms with Crippen molar-refractivity contribution in [2.75, 3.05) is 18.1 Å². The van der Waals surface area contributed by atoms with Crippen LogP contribution in [0.3, 0.4) is 0 Å². The molecule has 0 saturated carbocycles. The van der Waals surface area contributed by atoms with Crippen LogP contribution in [-0.2, 0) is 0 Å². The van der Waals surface area contributed by atoms with E-state index in [-0.39, 0.29) is 11.5 Å². The van der Waals surface area contributed by atoms with Crippen LogP contribution in [0.15, 0.2) is 28.9 Å². The van der Waals surface area contributed by atoms with Gasteiger partial charge < -0.3 is 0 Å². The van der Waals surface area contributed by atoms with Crippen molar-refractivity contribution in [3.8, 4) is 0 Å². The van der Waals surface area contributed by atoms with Gasteiger partial charge in [0.25, 0.3) is 11.5 Å². The van der Waals surface area contributed by atoms with Crippen molar-refractivity contribution in [1.29, 1.82) is 0 Å². The molecule has 21 heavy (non-hydrogen) atoms. The molecule has 1 aromatic heterocycles. The Morgan fingerprint density at radius 3 is 2.76 bits per heavy atom. The van der Waals surface area contributed by atoms with Gasteiger partial charge >= 0.3 is 0 Å². The van der Waals surface area contributed by atoms with E-state index in [1.807, 2.05) is 5.01 Å². The Labute approximate surface area is 122 Å². The average Bonchev–Trinajstić information content (AvgIpc) is 2.49. The summed E-state index contributed by atoms with van der Waals surface area (Å²) in [6.07, 6.45) is 5.79. The van der Waals surface area contributed by atoms with Gasteiger partial charge in [0.1, 0.15) is 5.56 Å². The molecule has 0 bridgehead atoms. The van der Waals surface area contributed by atoms with Crippen LogP contribution in [0.2, 0.25) is 0 Å². The first-order valence-electron chi connectivity index (χ1n) is 6.69. The van der Waals surface area contributed by atoms with Gasteiger partial charge in [-0.1, -0.05) is 13.0 Å². The minimum absolute atomic E-state index is 0.0441. The molecule has 1 aromatic rings. The smallest absolute Gasteiger partial charge is 0.272 e. The highest BCUT2D eigenvalue weighted by molar-refractivity contribution is 5.93. The summed E-state index contributed by atoms with van der Waals surface area (Å²) in [5.74, 6) is -0.312. The van der Waals surface area contributed by atoms with Crippen molar-refractivity contribution in [2.24, 2.45) is 5.10 Å². The average molecular weight is 290 g/mol. The topological polar surface area (TPSA) is 93.7 Å². The van der Waals surface area contributed by atoms with Gasteiger partial charge in [-0.25, -0.2) is 15.0 Å². The number of H-pyrrole nitrogens is 1. The number of rotatable bonds is 5. The maximum atomic E-state index is 12.1. The SMILES string of the molecule is C=CN(N=C)c1ncc(C(=O)NN2CCCCC2)c(=O)[nH]1. The highest BCUT2D eigenvalue weighted by Gasteiger charge is 2.17. The monoisotopic (exact) mass is 290 g/mol. The third-order valence-electron chi connectivity index (χ3n) is 3.19. The lowest BCUT2D eigenvalue weighted by atomic mass is 10.2. The lowest BCUT2D eigenvalue weighted by Gasteiger charge is -2.26. The second kappa shape index (κ2) is 6.80. The van der Waals surface area contributed by atoms with E-state index in [1.54, 1.807) is 0 Å². The van der Waals surface area contributed by atoms with Gasteiger partial charge in [-0.2, -0.15) is 5.10 Å². The molecule has 2 rings (SSSR count). The van der Waals surface area contributed by atoms with Crippen LogP contribution in [0.1, 0.15) is 29.6 Å². The molecule has 2 N–H and O–H groups in total. The third kappa shape index (κ3) is 3.54. The lowest BCUT2D eigenvalue weighted by Crippen LogP contribution is -2.46. The van der Waals surface area contributed by atoms with Crippen LogP contribution in [0, 0.1) is 0 Å². The number of nitrogens with one attached hydrogen (secondary N) is 2. The first kappa shape index (κ1) is 14.9. The summed E-state index contributed by atoms with van der Waals surface area (Å²) in [7, 11) is 0. The van der Waals surface area contributed by atoms with Crippen molar-refractivity contribution in [2.45, 2.75) is 19.3 Å². The number of piperidine rings is 1. The molecule has 0 atom stereocenters. The van der Waals surface area contributed by atoms with E-state index in [1.165, 1.54) is 17.4 Å². The molecule has 8 heteroatoms. The lowest BCUT2D eigenvalue weighted by molar-refractivity contribution is 0.0748. The van der Waals surface area contributed by atoms with Gasteiger partial charge in [0.05, 0.1) is 0 Å². The van der Waals surface area contributed by atoms with E-state index in [0.717, 1.165) is 32.4 Å². The fraction of sp³-hybridized carbons (Fsp3) is 0.385. The van der Waals surface area contributed by atoms with Gasteiger partial charge in [0, 0.05) is 32.2 Å². The Morgan fingerprint density at radius 1 is 1.48 bits per heavy atom. The summed E-state index contributed by atoms with van der Waals surface area (Å²) in [6, 6.07) is 0. The fourth-order valence-corrected chi connectivity index (χ4v) is 2.08. The molecule has 0 spiro atoms. The van der Waals surface area contributed by atoms with Gasteiger partial charge in [-0.05, 0) is 12.8 Å². The van der Waals surface area contributed by atoms with Crippen molar-refractivity contribution in [3.05, 3.63) is 34.9 Å². The maximum Gasteiger partial charge on any atom is 0.272 e. The summed E-state index contributed by atoms with van der Waals surface area (Å²) in [5, 5.41) is 6.63. The van der Waals surface area contributed by atoms with Gasteiger partial charge in [-0.3, -0.25) is 20.0 Å². The Hall–Kier alpha value is -2.48. The molecule has 0 aliphatic carbocycles. The van der Waals surface area contributed by atoms with Crippen molar-refractivity contribution in [1.82, 2.24) is 20.4 Å². The number of aromatic amines is 1. The second-order valence-corrected chi connectivity index (χ2v) is 4.61. The normalized spacial score (nSPS) is 15.2. The van der Waals surface area contributed by atoms with Crippen molar-refractivity contribution < 1.29 is 4.79 Å². The minimum atomic E-state index is -0.537. The second-order valence-electron chi connectivity index (χ2n) is 4.61. The molecule has 1 aliphatic rings. The Morgan fingerprint density at radius 2 is 2.19 bits per heavy atom. The Bertz CT molecular complexity index is 583. The zero-order valence-electron chi connectivity index (χ0n) is 11.7. The number of amides is 1. The first-order valence-corrected chi connectivity index (χ1v) is 6.69. The molecule has 1 amide bonds. The molecule has 1 aliphatic heterocycles. The number of hydrogen-bond donors (Lipinski definition) is 2. The van der Waals surface area contributed by atoms with Gasteiger partial charge in [-0.15, -0.1) is 0 Å². The number of aromatic nitrogens is 2. The van der Waals surface area contributed by atoms with E-state index in [2.05, 4.69) is 33.8 Å². The third-order valence-corrected chi connectivity index (χ3v) is 3.19. The zero-order valence-corrected chi connectivity index (χ0v) is 11.7. The Kier molecular flexibility index (Phi) is 4.83. The number of anilines is 1. The molecule has 0 radical (unpaired) electrons. The molecule has 8 nitrogen and oxygen atoms in total. The first-order chi connectivity index (χ1) is 10.2. The molecule has 0 aromatic carbocycles. The van der Waals surface area contributed by atoms with Gasteiger partial charge in [0.2, 0.25) is 5.95 Å². The van der Waals surface area contributed by atoms with Crippen LogP contribution >= 0.6 is 0 Å². The van der Waals surface area contributed by atoms with E-state index in [4.69, 9.17) is 0 Å². The number of carbonyl (C=O) groups excluding carboxylic acids is 1. The standard InChI is InChI=1S/C13H18N6O2/c1-3-19(14-2)13-15-9-10(11(20)16-13)12(21)17-18-7-5-4-6-8-18/h3,9H,1-2,4-8H2,(H,17,21)(H,15,16,20). The van der Waals surface area contributed by atoms with Crippen LogP contribution in [0.5, 0.6) is 0 Å². The molecule has 112 valence electrons. The fourth-order valence-electron chi connectivity index (χ4n) is 2.08. The zero-order chi connectivity index (χ0) is 15.2. The number of hydrazone groups is 1. The van der Waals surface area contributed by atoms with Crippen LogP contribution in [-0.4, -0.2) is 40.7 Å². The predicted molar refractivity (Wildman–Crippen MR) is 80.0 cm³/mol.